The SMILES string of the molecule is Cc1ccc2oc(C(=O)NCC(O)C(N)=O)cc2c1. The van der Waals surface area contributed by atoms with Crippen LogP contribution < -0.4 is 11.1 Å². The topological polar surface area (TPSA) is 106 Å². The monoisotopic (exact) mass is 262 g/mol. The number of aliphatic hydroxyl groups excluding tert-OH is 1. The maximum absolute atomic E-state index is 11.8. The Balaban J connectivity index is 2.11. The number of aryl methyl sites for hydroxylation is 1. The van der Waals surface area contributed by atoms with Crippen LogP contribution >= 0.6 is 0 Å². The average Bonchev–Trinajstić information content (AvgIpc) is 2.78. The molecule has 0 aliphatic heterocycles. The van der Waals surface area contributed by atoms with Crippen LogP contribution in [-0.4, -0.2) is 29.6 Å². The zero-order valence-electron chi connectivity index (χ0n) is 10.3. The quantitative estimate of drug-likeness (QED) is 0.737. The second-order valence-corrected chi connectivity index (χ2v) is 4.28. The number of amides is 2. The first-order chi connectivity index (χ1) is 8.97. The van der Waals surface area contributed by atoms with Gasteiger partial charge in [0.05, 0.1) is 6.54 Å². The Labute approximate surface area is 109 Å². The Kier molecular flexibility index (Phi) is 3.52. The van der Waals surface area contributed by atoms with Gasteiger partial charge in [0.25, 0.3) is 5.91 Å². The molecule has 6 heteroatoms. The van der Waals surface area contributed by atoms with Gasteiger partial charge in [-0.1, -0.05) is 11.6 Å². The van der Waals surface area contributed by atoms with Gasteiger partial charge in [-0.25, -0.2) is 0 Å². The summed E-state index contributed by atoms with van der Waals surface area (Å²) >= 11 is 0. The summed E-state index contributed by atoms with van der Waals surface area (Å²) in [4.78, 5) is 22.4. The molecule has 2 rings (SSSR count). The normalized spacial score (nSPS) is 12.3. The fourth-order valence-corrected chi connectivity index (χ4v) is 1.65. The summed E-state index contributed by atoms with van der Waals surface area (Å²) in [5.41, 5.74) is 6.54. The largest absolute Gasteiger partial charge is 0.451 e. The minimum absolute atomic E-state index is 0.122. The van der Waals surface area contributed by atoms with Crippen LogP contribution in [0.4, 0.5) is 0 Å². The second kappa shape index (κ2) is 5.11. The molecule has 1 heterocycles. The highest BCUT2D eigenvalue weighted by Gasteiger charge is 2.16. The molecule has 2 amide bonds. The first kappa shape index (κ1) is 13.1. The van der Waals surface area contributed by atoms with E-state index in [1.165, 1.54) is 0 Å². The van der Waals surface area contributed by atoms with Crippen molar-refractivity contribution in [2.75, 3.05) is 6.54 Å². The van der Waals surface area contributed by atoms with Gasteiger partial charge in [0, 0.05) is 5.39 Å². The Bertz CT molecular complexity index is 633. The van der Waals surface area contributed by atoms with Gasteiger partial charge in [0.1, 0.15) is 11.7 Å². The van der Waals surface area contributed by atoms with E-state index in [1.807, 2.05) is 19.1 Å². The van der Waals surface area contributed by atoms with Gasteiger partial charge in [-0.2, -0.15) is 0 Å². The number of carbonyl (C=O) groups is 2. The molecule has 100 valence electrons. The van der Waals surface area contributed by atoms with Gasteiger partial charge in [0.2, 0.25) is 5.91 Å². The smallest absolute Gasteiger partial charge is 0.287 e. The third-order valence-electron chi connectivity index (χ3n) is 2.68. The lowest BCUT2D eigenvalue weighted by atomic mass is 10.2. The number of benzene rings is 1. The van der Waals surface area contributed by atoms with Crippen molar-refractivity contribution in [3.05, 3.63) is 35.6 Å². The number of hydrogen-bond donors (Lipinski definition) is 3. The van der Waals surface area contributed by atoms with Crippen molar-refractivity contribution in [2.24, 2.45) is 5.73 Å². The third-order valence-corrected chi connectivity index (χ3v) is 2.68. The lowest BCUT2D eigenvalue weighted by Crippen LogP contribution is -2.39. The zero-order chi connectivity index (χ0) is 14.0. The first-order valence-electron chi connectivity index (χ1n) is 5.73. The summed E-state index contributed by atoms with van der Waals surface area (Å²) < 4.78 is 5.37. The van der Waals surface area contributed by atoms with Crippen molar-refractivity contribution in [2.45, 2.75) is 13.0 Å². The molecule has 19 heavy (non-hydrogen) atoms. The standard InChI is InChI=1S/C13H14N2O4/c1-7-2-3-10-8(4-7)5-11(19-10)13(18)15-6-9(16)12(14)17/h2-5,9,16H,6H2,1H3,(H2,14,17)(H,15,18). The van der Waals surface area contributed by atoms with E-state index in [0.29, 0.717) is 5.58 Å². The van der Waals surface area contributed by atoms with Gasteiger partial charge >= 0.3 is 0 Å². The highest BCUT2D eigenvalue weighted by atomic mass is 16.3. The molecule has 0 spiro atoms. The van der Waals surface area contributed by atoms with Crippen LogP contribution in [0.15, 0.2) is 28.7 Å². The van der Waals surface area contributed by atoms with E-state index in [2.05, 4.69) is 5.32 Å². The summed E-state index contributed by atoms with van der Waals surface area (Å²) in [5.74, 6) is -1.27. The number of fused-ring (bicyclic) bond motifs is 1. The molecule has 0 fully saturated rings. The molecule has 1 aromatic heterocycles. The molecular weight excluding hydrogens is 248 g/mol. The van der Waals surface area contributed by atoms with Crippen molar-refractivity contribution >= 4 is 22.8 Å². The second-order valence-electron chi connectivity index (χ2n) is 4.28. The van der Waals surface area contributed by atoms with Crippen LogP contribution in [-0.2, 0) is 4.79 Å². The number of aliphatic hydroxyl groups is 1. The maximum Gasteiger partial charge on any atom is 0.287 e. The Hall–Kier alpha value is -2.34. The van der Waals surface area contributed by atoms with E-state index in [0.717, 1.165) is 10.9 Å². The summed E-state index contributed by atoms with van der Waals surface area (Å²) in [6.07, 6.45) is -1.41. The van der Waals surface area contributed by atoms with Crippen LogP contribution in [0, 0.1) is 6.92 Å². The predicted molar refractivity (Wildman–Crippen MR) is 68.5 cm³/mol. The minimum Gasteiger partial charge on any atom is -0.451 e. The summed E-state index contributed by atoms with van der Waals surface area (Å²) in [6, 6.07) is 7.16. The van der Waals surface area contributed by atoms with E-state index in [9.17, 15) is 14.7 Å². The molecule has 2 aromatic rings. The van der Waals surface area contributed by atoms with E-state index < -0.39 is 17.9 Å². The van der Waals surface area contributed by atoms with Crippen molar-refractivity contribution < 1.29 is 19.1 Å². The number of primary amides is 1. The van der Waals surface area contributed by atoms with Crippen LogP contribution in [0.1, 0.15) is 16.1 Å². The van der Waals surface area contributed by atoms with Gasteiger partial charge in [-0.3, -0.25) is 9.59 Å². The number of nitrogens with two attached hydrogens (primary N) is 1. The van der Waals surface area contributed by atoms with E-state index >= 15 is 0 Å². The lowest BCUT2D eigenvalue weighted by molar-refractivity contribution is -0.125. The molecule has 0 aliphatic rings. The molecule has 0 bridgehead atoms. The van der Waals surface area contributed by atoms with Gasteiger partial charge in [-0.15, -0.1) is 0 Å². The molecule has 1 unspecified atom stereocenters. The van der Waals surface area contributed by atoms with Gasteiger partial charge < -0.3 is 20.6 Å². The Morgan fingerprint density at radius 1 is 1.42 bits per heavy atom. The van der Waals surface area contributed by atoms with Gasteiger partial charge in [0.15, 0.2) is 5.76 Å². The Morgan fingerprint density at radius 3 is 2.84 bits per heavy atom. The van der Waals surface area contributed by atoms with Crippen LogP contribution in [0.3, 0.4) is 0 Å². The Morgan fingerprint density at radius 2 is 2.16 bits per heavy atom. The number of furan rings is 1. The van der Waals surface area contributed by atoms with Crippen LogP contribution in [0.2, 0.25) is 0 Å². The minimum atomic E-state index is -1.41. The molecule has 0 saturated heterocycles. The van der Waals surface area contributed by atoms with Crippen molar-refractivity contribution in [1.29, 1.82) is 0 Å². The number of nitrogens with one attached hydrogen (secondary N) is 1. The molecule has 4 N–H and O–H groups in total. The molecule has 0 aliphatic carbocycles. The number of hydrogen-bond acceptors (Lipinski definition) is 4. The molecule has 1 atom stereocenters. The number of carbonyl (C=O) groups excluding carboxylic acids is 2. The summed E-state index contributed by atoms with van der Waals surface area (Å²) in [5, 5.41) is 12.4. The third kappa shape index (κ3) is 2.92. The molecule has 1 aromatic carbocycles. The lowest BCUT2D eigenvalue weighted by Gasteiger charge is -2.06. The van der Waals surface area contributed by atoms with Crippen LogP contribution in [0.25, 0.3) is 11.0 Å². The fraction of sp³-hybridized carbons (Fsp3) is 0.231. The van der Waals surface area contributed by atoms with Crippen molar-refractivity contribution in [1.82, 2.24) is 5.32 Å². The highest BCUT2D eigenvalue weighted by Crippen LogP contribution is 2.20. The molecule has 0 saturated carbocycles. The van der Waals surface area contributed by atoms with Crippen LogP contribution in [0.5, 0.6) is 0 Å². The molecule has 6 nitrogen and oxygen atoms in total. The number of rotatable bonds is 4. The molecule has 0 radical (unpaired) electrons. The fourth-order valence-electron chi connectivity index (χ4n) is 1.65. The van der Waals surface area contributed by atoms with E-state index in [4.69, 9.17) is 10.2 Å². The van der Waals surface area contributed by atoms with E-state index in [-0.39, 0.29) is 12.3 Å². The van der Waals surface area contributed by atoms with E-state index in [1.54, 1.807) is 12.1 Å². The predicted octanol–water partition coefficient (Wildman–Crippen LogP) is 0.317. The van der Waals surface area contributed by atoms with Crippen molar-refractivity contribution in [3.8, 4) is 0 Å². The average molecular weight is 262 g/mol. The maximum atomic E-state index is 11.8. The van der Waals surface area contributed by atoms with Crippen molar-refractivity contribution in [3.63, 3.8) is 0 Å². The molecular formula is C13H14N2O4. The zero-order valence-corrected chi connectivity index (χ0v) is 10.3. The van der Waals surface area contributed by atoms with Gasteiger partial charge in [-0.05, 0) is 25.1 Å². The summed E-state index contributed by atoms with van der Waals surface area (Å²) in [7, 11) is 0. The first-order valence-corrected chi connectivity index (χ1v) is 5.73. The highest BCUT2D eigenvalue weighted by molar-refractivity contribution is 5.96. The summed E-state index contributed by atoms with van der Waals surface area (Å²) in [6.45, 7) is 1.69.